The van der Waals surface area contributed by atoms with Gasteiger partial charge in [0, 0.05) is 5.56 Å². The van der Waals surface area contributed by atoms with Gasteiger partial charge < -0.3 is 9.47 Å². The standard InChI is InChI=1S/C31H38O2/c1-6-10-26-19-24-12-8-13-25(24)20-29(26)22(3)17-21(2)23-11-7-14-27(18-23)28-15-9-16-30(32-4)31(28)33-5/h6,9,15-17,19-20,23,27H,1-2,7-8,10-14,18H2,3-5H3. The highest BCUT2D eigenvalue weighted by Gasteiger charge is 2.27. The first kappa shape index (κ1) is 23.4. The molecule has 2 atom stereocenters. The summed E-state index contributed by atoms with van der Waals surface area (Å²) in [5, 5.41) is 0. The Labute approximate surface area is 200 Å². The summed E-state index contributed by atoms with van der Waals surface area (Å²) in [4.78, 5) is 0. The van der Waals surface area contributed by atoms with Gasteiger partial charge in [-0.15, -0.1) is 6.58 Å². The van der Waals surface area contributed by atoms with Crippen LogP contribution in [-0.2, 0) is 19.3 Å². The van der Waals surface area contributed by atoms with Crippen LogP contribution >= 0.6 is 0 Å². The molecule has 2 aliphatic carbocycles. The van der Waals surface area contributed by atoms with Gasteiger partial charge in [-0.1, -0.05) is 55.0 Å². The van der Waals surface area contributed by atoms with Crippen LogP contribution in [0.2, 0.25) is 0 Å². The van der Waals surface area contributed by atoms with Gasteiger partial charge in [-0.2, -0.15) is 0 Å². The molecule has 2 aromatic carbocycles. The van der Waals surface area contributed by atoms with Gasteiger partial charge in [-0.3, -0.25) is 0 Å². The fourth-order valence-corrected chi connectivity index (χ4v) is 5.88. The van der Waals surface area contributed by atoms with Gasteiger partial charge in [-0.25, -0.2) is 0 Å². The minimum absolute atomic E-state index is 0.468. The lowest BCUT2D eigenvalue weighted by molar-refractivity contribution is 0.329. The second-order valence-corrected chi connectivity index (χ2v) is 9.67. The van der Waals surface area contributed by atoms with Gasteiger partial charge >= 0.3 is 0 Å². The summed E-state index contributed by atoms with van der Waals surface area (Å²) in [5.41, 5.74) is 9.68. The molecule has 1 saturated carbocycles. The van der Waals surface area contributed by atoms with E-state index in [1.54, 1.807) is 14.2 Å². The number of fused-ring (bicyclic) bond motifs is 1. The molecule has 0 spiro atoms. The second-order valence-electron chi connectivity index (χ2n) is 9.67. The molecule has 2 unspecified atom stereocenters. The first-order valence-corrected chi connectivity index (χ1v) is 12.4. The van der Waals surface area contributed by atoms with Crippen molar-refractivity contribution in [1.82, 2.24) is 0 Å². The van der Waals surface area contributed by atoms with Crippen LogP contribution in [0.4, 0.5) is 0 Å². The summed E-state index contributed by atoms with van der Waals surface area (Å²) in [5.74, 6) is 2.66. The molecule has 33 heavy (non-hydrogen) atoms. The molecular weight excluding hydrogens is 404 g/mol. The average molecular weight is 443 g/mol. The summed E-state index contributed by atoms with van der Waals surface area (Å²) < 4.78 is 11.3. The van der Waals surface area contributed by atoms with Gasteiger partial charge in [0.15, 0.2) is 11.5 Å². The number of methoxy groups -OCH3 is 2. The zero-order chi connectivity index (χ0) is 23.4. The number of aryl methyl sites for hydroxylation is 2. The zero-order valence-corrected chi connectivity index (χ0v) is 20.6. The molecular formula is C31H38O2. The Balaban J connectivity index is 1.56. The molecule has 0 saturated heterocycles. The van der Waals surface area contributed by atoms with Crippen LogP contribution in [-0.4, -0.2) is 14.2 Å². The van der Waals surface area contributed by atoms with Crippen LogP contribution in [0, 0.1) is 5.92 Å². The Morgan fingerprint density at radius 3 is 2.58 bits per heavy atom. The van der Waals surface area contributed by atoms with Gasteiger partial charge in [0.25, 0.3) is 0 Å². The number of rotatable bonds is 8. The highest BCUT2D eigenvalue weighted by atomic mass is 16.5. The number of ether oxygens (including phenoxy) is 2. The lowest BCUT2D eigenvalue weighted by Gasteiger charge is -2.31. The van der Waals surface area contributed by atoms with Crippen molar-refractivity contribution < 1.29 is 9.47 Å². The van der Waals surface area contributed by atoms with Crippen molar-refractivity contribution in [2.75, 3.05) is 14.2 Å². The quantitative estimate of drug-likeness (QED) is 0.306. The molecule has 2 aromatic rings. The van der Waals surface area contributed by atoms with E-state index in [-0.39, 0.29) is 0 Å². The van der Waals surface area contributed by atoms with E-state index < -0.39 is 0 Å². The normalized spacial score (nSPS) is 20.3. The average Bonchev–Trinajstić information content (AvgIpc) is 3.30. The summed E-state index contributed by atoms with van der Waals surface area (Å²) in [6, 6.07) is 11.1. The van der Waals surface area contributed by atoms with E-state index in [1.165, 1.54) is 77.5 Å². The highest BCUT2D eigenvalue weighted by molar-refractivity contribution is 5.71. The van der Waals surface area contributed by atoms with Crippen LogP contribution in [0.3, 0.4) is 0 Å². The first-order valence-electron chi connectivity index (χ1n) is 12.4. The monoisotopic (exact) mass is 442 g/mol. The maximum atomic E-state index is 5.74. The van der Waals surface area contributed by atoms with E-state index in [0.717, 1.165) is 24.3 Å². The fourth-order valence-electron chi connectivity index (χ4n) is 5.88. The first-order chi connectivity index (χ1) is 16.0. The van der Waals surface area contributed by atoms with E-state index in [2.05, 4.69) is 50.4 Å². The number of hydrogen-bond acceptors (Lipinski definition) is 2. The van der Waals surface area contributed by atoms with Crippen molar-refractivity contribution in [3.8, 4) is 11.5 Å². The van der Waals surface area contributed by atoms with E-state index in [0.29, 0.717) is 11.8 Å². The molecule has 0 N–H and O–H groups in total. The molecule has 1 fully saturated rings. The number of benzene rings is 2. The minimum atomic E-state index is 0.468. The van der Waals surface area contributed by atoms with Crippen molar-refractivity contribution >= 4 is 5.57 Å². The van der Waals surface area contributed by atoms with E-state index in [1.807, 2.05) is 12.1 Å². The molecule has 0 heterocycles. The van der Waals surface area contributed by atoms with E-state index >= 15 is 0 Å². The van der Waals surface area contributed by atoms with Crippen molar-refractivity contribution in [2.24, 2.45) is 5.92 Å². The zero-order valence-electron chi connectivity index (χ0n) is 20.6. The van der Waals surface area contributed by atoms with Gasteiger partial charge in [-0.05, 0) is 97.6 Å². The minimum Gasteiger partial charge on any atom is -0.493 e. The maximum absolute atomic E-state index is 5.74. The third-order valence-corrected chi connectivity index (χ3v) is 7.58. The molecule has 2 nitrogen and oxygen atoms in total. The Morgan fingerprint density at radius 2 is 1.85 bits per heavy atom. The summed E-state index contributed by atoms with van der Waals surface area (Å²) in [7, 11) is 3.45. The Hall–Kier alpha value is -2.74. The fraction of sp³-hybridized carbons (Fsp3) is 0.419. The molecule has 174 valence electrons. The van der Waals surface area contributed by atoms with Crippen LogP contribution in [0.15, 0.2) is 61.2 Å². The summed E-state index contributed by atoms with van der Waals surface area (Å²) >= 11 is 0. The molecule has 0 radical (unpaired) electrons. The molecule has 0 aliphatic heterocycles. The molecule has 0 amide bonds. The van der Waals surface area contributed by atoms with Crippen LogP contribution in [0.5, 0.6) is 11.5 Å². The molecule has 4 rings (SSSR count). The van der Waals surface area contributed by atoms with Crippen molar-refractivity contribution in [2.45, 2.75) is 64.2 Å². The van der Waals surface area contributed by atoms with E-state index in [4.69, 9.17) is 9.47 Å². The molecule has 0 bridgehead atoms. The Bertz CT molecular complexity index is 1060. The third kappa shape index (κ3) is 4.95. The molecule has 0 aromatic heterocycles. The molecule has 2 aliphatic rings. The Morgan fingerprint density at radius 1 is 1.06 bits per heavy atom. The number of para-hydroxylation sites is 1. The number of allylic oxidation sites excluding steroid dienone is 4. The Kier molecular flexibility index (Phi) is 7.42. The van der Waals surface area contributed by atoms with E-state index in [9.17, 15) is 0 Å². The van der Waals surface area contributed by atoms with Crippen LogP contribution in [0.1, 0.15) is 72.8 Å². The predicted molar refractivity (Wildman–Crippen MR) is 139 cm³/mol. The van der Waals surface area contributed by atoms with Crippen molar-refractivity contribution in [1.29, 1.82) is 0 Å². The van der Waals surface area contributed by atoms with Crippen molar-refractivity contribution in [3.63, 3.8) is 0 Å². The molecule has 2 heteroatoms. The topological polar surface area (TPSA) is 18.5 Å². The lowest BCUT2D eigenvalue weighted by atomic mass is 9.74. The summed E-state index contributed by atoms with van der Waals surface area (Å²) in [6.45, 7) is 10.8. The largest absolute Gasteiger partial charge is 0.493 e. The van der Waals surface area contributed by atoms with Gasteiger partial charge in [0.2, 0.25) is 0 Å². The van der Waals surface area contributed by atoms with Crippen molar-refractivity contribution in [3.05, 3.63) is 89.0 Å². The SMILES string of the molecule is C=CCc1cc2c(cc1C(C)=CC(=C)C1CCCC(c3cccc(OC)c3OC)C1)CCC2. The van der Waals surface area contributed by atoms with Gasteiger partial charge in [0.1, 0.15) is 0 Å². The van der Waals surface area contributed by atoms with Gasteiger partial charge in [0.05, 0.1) is 14.2 Å². The van der Waals surface area contributed by atoms with Crippen LogP contribution < -0.4 is 9.47 Å². The smallest absolute Gasteiger partial charge is 0.164 e. The van der Waals surface area contributed by atoms with Crippen LogP contribution in [0.25, 0.3) is 5.57 Å². The second kappa shape index (κ2) is 10.5. The summed E-state index contributed by atoms with van der Waals surface area (Å²) in [6.07, 6.45) is 13.7. The highest BCUT2D eigenvalue weighted by Crippen LogP contribution is 2.45. The lowest BCUT2D eigenvalue weighted by Crippen LogP contribution is -2.16. The maximum Gasteiger partial charge on any atom is 0.164 e. The predicted octanol–water partition coefficient (Wildman–Crippen LogP) is 7.85. The third-order valence-electron chi connectivity index (χ3n) is 7.58. The number of hydrogen-bond donors (Lipinski definition) is 0.